The smallest absolute Gasteiger partial charge is 0.113 e. The highest BCUT2D eigenvalue weighted by molar-refractivity contribution is 5.01. The van der Waals surface area contributed by atoms with Crippen LogP contribution in [0.2, 0.25) is 0 Å². The van der Waals surface area contributed by atoms with Crippen LogP contribution in [0.1, 0.15) is 46.0 Å². The average molecular weight is 184 g/mol. The maximum atomic E-state index is 10.0. The fraction of sp³-hybridized carbons (Fsp3) is 1.00. The maximum absolute atomic E-state index is 10.0. The summed E-state index contributed by atoms with van der Waals surface area (Å²) >= 11 is 0. The van der Waals surface area contributed by atoms with E-state index >= 15 is 0 Å². The molecule has 1 saturated heterocycles. The van der Waals surface area contributed by atoms with Crippen molar-refractivity contribution in [3.63, 3.8) is 0 Å². The molecule has 76 valence electrons. The topological polar surface area (TPSA) is 32.8 Å². The lowest BCUT2D eigenvalue weighted by molar-refractivity contribution is 0.0585. The van der Waals surface area contributed by atoms with Gasteiger partial charge in [0, 0.05) is 0 Å². The molecular weight excluding hydrogens is 164 g/mol. The fourth-order valence-corrected chi connectivity index (χ4v) is 2.50. The predicted molar refractivity (Wildman–Crippen MR) is 51.5 cm³/mol. The monoisotopic (exact) mass is 184 g/mol. The van der Waals surface area contributed by atoms with Gasteiger partial charge >= 0.3 is 0 Å². The second-order valence-corrected chi connectivity index (χ2v) is 5.03. The van der Waals surface area contributed by atoms with Gasteiger partial charge in [0.05, 0.1) is 11.7 Å². The van der Waals surface area contributed by atoms with Gasteiger partial charge in [-0.25, -0.2) is 0 Å². The van der Waals surface area contributed by atoms with E-state index in [1.165, 1.54) is 32.1 Å². The summed E-state index contributed by atoms with van der Waals surface area (Å²) in [6, 6.07) is 0. The summed E-state index contributed by atoms with van der Waals surface area (Å²) in [4.78, 5) is 0. The van der Waals surface area contributed by atoms with Crippen molar-refractivity contribution in [3.05, 3.63) is 0 Å². The van der Waals surface area contributed by atoms with Gasteiger partial charge in [0.15, 0.2) is 0 Å². The minimum Gasteiger partial charge on any atom is -0.390 e. The van der Waals surface area contributed by atoms with Crippen LogP contribution in [0.25, 0.3) is 0 Å². The third-order valence-electron chi connectivity index (χ3n) is 3.50. The Bertz CT molecular complexity index is 183. The zero-order valence-electron chi connectivity index (χ0n) is 8.62. The Hall–Kier alpha value is -0.0800. The number of ether oxygens (including phenoxy) is 1. The zero-order chi connectivity index (χ0) is 9.47. The van der Waals surface area contributed by atoms with Gasteiger partial charge in [-0.1, -0.05) is 19.3 Å². The van der Waals surface area contributed by atoms with E-state index in [1.54, 1.807) is 0 Å². The SMILES string of the molecule is CC1(C)O[C@H]1[C@@H](O)C1CCCCC1. The van der Waals surface area contributed by atoms with Crippen molar-refractivity contribution in [1.82, 2.24) is 0 Å². The lowest BCUT2D eigenvalue weighted by atomic mass is 9.82. The van der Waals surface area contributed by atoms with Gasteiger partial charge in [0.2, 0.25) is 0 Å². The quantitative estimate of drug-likeness (QED) is 0.667. The molecule has 0 aromatic heterocycles. The third kappa shape index (κ3) is 1.89. The normalized spacial score (nSPS) is 35.8. The molecule has 2 heteroatoms. The van der Waals surface area contributed by atoms with Crippen LogP contribution in [0.15, 0.2) is 0 Å². The van der Waals surface area contributed by atoms with Crippen LogP contribution >= 0.6 is 0 Å². The summed E-state index contributed by atoms with van der Waals surface area (Å²) in [5.74, 6) is 0.500. The molecule has 2 aliphatic rings. The Morgan fingerprint density at radius 1 is 1.23 bits per heavy atom. The molecule has 0 amide bonds. The molecule has 2 fully saturated rings. The molecule has 0 bridgehead atoms. The molecule has 2 rings (SSSR count). The van der Waals surface area contributed by atoms with Crippen molar-refractivity contribution in [2.75, 3.05) is 0 Å². The minimum absolute atomic E-state index is 0.0587. The van der Waals surface area contributed by atoms with Crippen molar-refractivity contribution in [2.45, 2.75) is 63.8 Å². The molecule has 1 heterocycles. The van der Waals surface area contributed by atoms with E-state index in [1.807, 2.05) is 0 Å². The number of hydrogen-bond donors (Lipinski definition) is 1. The molecule has 0 unspecified atom stereocenters. The highest BCUT2D eigenvalue weighted by atomic mass is 16.6. The molecule has 2 nitrogen and oxygen atoms in total. The van der Waals surface area contributed by atoms with Crippen molar-refractivity contribution >= 4 is 0 Å². The minimum atomic E-state index is -0.213. The number of aliphatic hydroxyl groups is 1. The molecule has 0 aromatic rings. The summed E-state index contributed by atoms with van der Waals surface area (Å²) in [6.45, 7) is 4.12. The number of epoxide rings is 1. The van der Waals surface area contributed by atoms with Crippen molar-refractivity contribution in [2.24, 2.45) is 5.92 Å². The van der Waals surface area contributed by atoms with Crippen molar-refractivity contribution in [3.8, 4) is 0 Å². The molecule has 0 spiro atoms. The standard InChI is InChI=1S/C11H20O2/c1-11(2)10(13-11)9(12)8-6-4-3-5-7-8/h8-10,12H,3-7H2,1-2H3/t9-,10-/m0/s1. The Labute approximate surface area is 80.3 Å². The summed E-state index contributed by atoms with van der Waals surface area (Å²) < 4.78 is 5.47. The lowest BCUT2D eigenvalue weighted by Crippen LogP contribution is -2.30. The molecule has 2 atom stereocenters. The molecule has 13 heavy (non-hydrogen) atoms. The highest BCUT2D eigenvalue weighted by Crippen LogP contribution is 2.42. The van der Waals surface area contributed by atoms with E-state index in [0.29, 0.717) is 5.92 Å². The van der Waals surface area contributed by atoms with Crippen LogP contribution in [-0.2, 0) is 4.74 Å². The van der Waals surface area contributed by atoms with Crippen molar-refractivity contribution < 1.29 is 9.84 Å². The largest absolute Gasteiger partial charge is 0.390 e. The average Bonchev–Trinajstić information content (AvgIpc) is 2.76. The summed E-state index contributed by atoms with van der Waals surface area (Å²) in [5.41, 5.74) is -0.0587. The zero-order valence-corrected chi connectivity index (χ0v) is 8.62. The van der Waals surface area contributed by atoms with Gasteiger partial charge in [-0.05, 0) is 32.6 Å². The number of aliphatic hydroxyl groups excluding tert-OH is 1. The predicted octanol–water partition coefficient (Wildman–Crippen LogP) is 2.10. The van der Waals surface area contributed by atoms with Gasteiger partial charge in [-0.2, -0.15) is 0 Å². The van der Waals surface area contributed by atoms with E-state index in [0.717, 1.165) is 0 Å². The molecule has 1 saturated carbocycles. The Morgan fingerprint density at radius 2 is 1.77 bits per heavy atom. The first-order valence-electron chi connectivity index (χ1n) is 5.47. The summed E-state index contributed by atoms with van der Waals surface area (Å²) in [5, 5.41) is 10.0. The number of hydrogen-bond acceptors (Lipinski definition) is 2. The Kier molecular flexibility index (Phi) is 2.37. The molecular formula is C11H20O2. The molecule has 1 aliphatic carbocycles. The van der Waals surface area contributed by atoms with Crippen LogP contribution < -0.4 is 0 Å². The fourth-order valence-electron chi connectivity index (χ4n) is 2.50. The lowest BCUT2D eigenvalue weighted by Gasteiger charge is -2.25. The van der Waals surface area contributed by atoms with Crippen LogP contribution in [0.4, 0.5) is 0 Å². The van der Waals surface area contributed by atoms with E-state index in [-0.39, 0.29) is 17.8 Å². The molecule has 0 aromatic carbocycles. The first-order valence-corrected chi connectivity index (χ1v) is 5.47. The summed E-state index contributed by atoms with van der Waals surface area (Å²) in [6.07, 6.45) is 6.20. The number of rotatable bonds is 2. The van der Waals surface area contributed by atoms with Gasteiger partial charge in [0.25, 0.3) is 0 Å². The Balaban J connectivity index is 1.86. The van der Waals surface area contributed by atoms with E-state index in [2.05, 4.69) is 13.8 Å². The third-order valence-corrected chi connectivity index (χ3v) is 3.50. The summed E-state index contributed by atoms with van der Waals surface area (Å²) in [7, 11) is 0. The highest BCUT2D eigenvalue weighted by Gasteiger charge is 2.53. The molecule has 1 N–H and O–H groups in total. The van der Waals surface area contributed by atoms with Gasteiger partial charge in [-0.15, -0.1) is 0 Å². The molecule has 0 radical (unpaired) electrons. The first kappa shape index (κ1) is 9.47. The van der Waals surface area contributed by atoms with E-state index in [4.69, 9.17) is 4.74 Å². The van der Waals surface area contributed by atoms with Crippen LogP contribution in [-0.4, -0.2) is 22.9 Å². The Morgan fingerprint density at radius 3 is 2.23 bits per heavy atom. The van der Waals surface area contributed by atoms with Crippen molar-refractivity contribution in [1.29, 1.82) is 0 Å². The van der Waals surface area contributed by atoms with E-state index in [9.17, 15) is 5.11 Å². The van der Waals surface area contributed by atoms with Gasteiger partial charge < -0.3 is 9.84 Å². The second kappa shape index (κ2) is 3.25. The van der Waals surface area contributed by atoms with Crippen LogP contribution in [0, 0.1) is 5.92 Å². The first-order chi connectivity index (χ1) is 6.11. The van der Waals surface area contributed by atoms with Gasteiger partial charge in [0.1, 0.15) is 6.10 Å². The second-order valence-electron chi connectivity index (χ2n) is 5.03. The van der Waals surface area contributed by atoms with E-state index < -0.39 is 0 Å². The molecule has 1 aliphatic heterocycles. The van der Waals surface area contributed by atoms with Crippen LogP contribution in [0.3, 0.4) is 0 Å². The maximum Gasteiger partial charge on any atom is 0.113 e. The van der Waals surface area contributed by atoms with Gasteiger partial charge in [-0.3, -0.25) is 0 Å². The van der Waals surface area contributed by atoms with Crippen LogP contribution in [0.5, 0.6) is 0 Å².